The molecule has 2 N–H and O–H groups in total. The van der Waals surface area contributed by atoms with Crippen LogP contribution in [-0.2, 0) is 16.1 Å². The second-order valence-electron chi connectivity index (χ2n) is 8.44. The van der Waals surface area contributed by atoms with Crippen LogP contribution in [0.1, 0.15) is 19.4 Å². The van der Waals surface area contributed by atoms with E-state index in [4.69, 9.17) is 16.3 Å². The van der Waals surface area contributed by atoms with Crippen LogP contribution >= 0.6 is 11.6 Å². The average Bonchev–Trinajstić information content (AvgIpc) is 2.86. The summed E-state index contributed by atoms with van der Waals surface area (Å²) in [5.41, 5.74) is 0.465. The summed E-state index contributed by atoms with van der Waals surface area (Å²) in [4.78, 5) is 45.2. The molecule has 2 heterocycles. The molecule has 0 saturated carbocycles. The van der Waals surface area contributed by atoms with E-state index in [-0.39, 0.29) is 30.0 Å². The van der Waals surface area contributed by atoms with Crippen molar-refractivity contribution in [3.05, 3.63) is 87.6 Å². The van der Waals surface area contributed by atoms with E-state index < -0.39 is 29.1 Å². The Bertz CT molecular complexity index is 1430. The molecule has 0 bridgehead atoms. The smallest absolute Gasteiger partial charge is 0.279 e. The Labute approximate surface area is 216 Å². The number of anilines is 3. The fourth-order valence-corrected chi connectivity index (χ4v) is 3.58. The molecular weight excluding hydrogens is 501 g/mol. The predicted octanol–water partition coefficient (Wildman–Crippen LogP) is 4.34. The second-order valence-corrected chi connectivity index (χ2v) is 8.88. The van der Waals surface area contributed by atoms with Crippen molar-refractivity contribution in [1.82, 2.24) is 9.55 Å². The van der Waals surface area contributed by atoms with E-state index in [1.54, 1.807) is 44.2 Å². The van der Waals surface area contributed by atoms with E-state index in [9.17, 15) is 18.8 Å². The second kappa shape index (κ2) is 11.2. The summed E-state index contributed by atoms with van der Waals surface area (Å²) in [6.07, 6.45) is 4.79. The molecule has 0 aliphatic carbocycles. The van der Waals surface area contributed by atoms with E-state index in [0.29, 0.717) is 10.7 Å². The number of benzene rings is 2. The van der Waals surface area contributed by atoms with Crippen LogP contribution in [0.2, 0.25) is 5.02 Å². The largest absolute Gasteiger partial charge is 0.488 e. The van der Waals surface area contributed by atoms with Crippen molar-refractivity contribution in [2.24, 2.45) is 10.9 Å². The lowest BCUT2D eigenvalue weighted by Crippen LogP contribution is -2.31. The fourth-order valence-electron chi connectivity index (χ4n) is 3.46. The maximum absolute atomic E-state index is 14.5. The number of ether oxygens (including phenoxy) is 1. The van der Waals surface area contributed by atoms with Gasteiger partial charge >= 0.3 is 0 Å². The molecule has 1 unspecified atom stereocenters. The predicted molar refractivity (Wildman–Crippen MR) is 139 cm³/mol. The number of aromatic nitrogens is 2. The molecule has 4 rings (SSSR count). The summed E-state index contributed by atoms with van der Waals surface area (Å²) in [5.74, 6) is -2.17. The topological polar surface area (TPSA) is 115 Å². The lowest BCUT2D eigenvalue weighted by molar-refractivity contribution is -0.117. The molecule has 2 aromatic carbocycles. The highest BCUT2D eigenvalue weighted by Gasteiger charge is 2.20. The molecule has 2 amide bonds. The first-order chi connectivity index (χ1) is 17.7. The quantitative estimate of drug-likeness (QED) is 0.454. The van der Waals surface area contributed by atoms with Gasteiger partial charge in [0, 0.05) is 29.1 Å². The zero-order chi connectivity index (χ0) is 26.5. The number of nitrogens with one attached hydrogen (secondary N) is 2. The molecule has 1 aliphatic heterocycles. The van der Waals surface area contributed by atoms with E-state index in [1.807, 2.05) is 0 Å². The number of amides is 2. The molecule has 9 nitrogen and oxygen atoms in total. The van der Waals surface area contributed by atoms with Crippen molar-refractivity contribution in [2.45, 2.75) is 26.5 Å². The molecule has 1 atom stereocenters. The van der Waals surface area contributed by atoms with Gasteiger partial charge in [-0.15, -0.1) is 0 Å². The minimum atomic E-state index is -0.811. The van der Waals surface area contributed by atoms with Crippen LogP contribution in [0.4, 0.5) is 21.7 Å². The number of aliphatic imine (C=N–C) groups is 1. The van der Waals surface area contributed by atoms with Crippen molar-refractivity contribution in [2.75, 3.05) is 10.6 Å². The summed E-state index contributed by atoms with van der Waals surface area (Å²) in [6, 6.07) is 11.2. The number of halogens is 2. The third-order valence-electron chi connectivity index (χ3n) is 5.22. The van der Waals surface area contributed by atoms with Gasteiger partial charge in [0.05, 0.1) is 24.8 Å². The molecular formula is C26H23ClFN5O4. The number of hydrogen-bond donors (Lipinski definition) is 2. The van der Waals surface area contributed by atoms with Gasteiger partial charge in [-0.3, -0.25) is 19.0 Å². The minimum Gasteiger partial charge on any atom is -0.488 e. The van der Waals surface area contributed by atoms with Gasteiger partial charge < -0.3 is 15.4 Å². The van der Waals surface area contributed by atoms with Crippen LogP contribution in [0.15, 0.2) is 70.6 Å². The third-order valence-corrected chi connectivity index (χ3v) is 5.47. The molecule has 0 saturated heterocycles. The van der Waals surface area contributed by atoms with E-state index in [0.717, 1.165) is 5.56 Å². The van der Waals surface area contributed by atoms with Gasteiger partial charge in [-0.2, -0.15) is 0 Å². The Morgan fingerprint density at radius 1 is 1.19 bits per heavy atom. The van der Waals surface area contributed by atoms with Crippen molar-refractivity contribution in [1.29, 1.82) is 0 Å². The Hall–Kier alpha value is -4.31. The first-order valence-electron chi connectivity index (χ1n) is 11.3. The summed E-state index contributed by atoms with van der Waals surface area (Å²) >= 11 is 5.99. The highest BCUT2D eigenvalue weighted by Crippen LogP contribution is 2.24. The Balaban J connectivity index is 1.65. The Kier molecular flexibility index (Phi) is 7.78. The van der Waals surface area contributed by atoms with Crippen molar-refractivity contribution in [3.8, 4) is 5.75 Å². The van der Waals surface area contributed by atoms with Gasteiger partial charge in [0.15, 0.2) is 11.6 Å². The van der Waals surface area contributed by atoms with Gasteiger partial charge in [-0.25, -0.2) is 14.4 Å². The van der Waals surface area contributed by atoms with E-state index in [1.165, 1.54) is 41.3 Å². The van der Waals surface area contributed by atoms with Crippen LogP contribution in [0.3, 0.4) is 0 Å². The molecule has 0 fully saturated rings. The Morgan fingerprint density at radius 2 is 1.95 bits per heavy atom. The summed E-state index contributed by atoms with van der Waals surface area (Å²) in [6.45, 7) is 3.68. The molecule has 0 radical (unpaired) electrons. The number of rotatable bonds is 8. The maximum atomic E-state index is 14.5. The van der Waals surface area contributed by atoms with Gasteiger partial charge in [-0.1, -0.05) is 29.8 Å². The minimum absolute atomic E-state index is 0.0740. The SMILES string of the molecule is CC(C)Oc1ccc(Nc2ncc(NC(=O)C3C=CC(=O)N=C3)c(=O)n2Cc2ccc(Cl)cc2)cc1F. The number of hydrogen-bond acceptors (Lipinski definition) is 6. The highest BCUT2D eigenvalue weighted by atomic mass is 35.5. The molecule has 37 heavy (non-hydrogen) atoms. The number of carbonyl (C=O) groups is 2. The fraction of sp³-hybridized carbons (Fsp3) is 0.192. The molecule has 11 heteroatoms. The third kappa shape index (κ3) is 6.47. The van der Waals surface area contributed by atoms with Gasteiger partial charge in [0.2, 0.25) is 11.9 Å². The molecule has 1 aliphatic rings. The summed E-state index contributed by atoms with van der Waals surface area (Å²) in [5, 5.41) is 6.04. The molecule has 190 valence electrons. The van der Waals surface area contributed by atoms with Crippen molar-refractivity contribution < 1.29 is 18.7 Å². The summed E-state index contributed by atoms with van der Waals surface area (Å²) in [7, 11) is 0. The molecule has 0 spiro atoms. The molecule has 3 aromatic rings. The van der Waals surface area contributed by atoms with Crippen molar-refractivity contribution in [3.63, 3.8) is 0 Å². The van der Waals surface area contributed by atoms with Crippen LogP contribution in [0, 0.1) is 11.7 Å². The number of carbonyl (C=O) groups excluding carboxylic acids is 2. The zero-order valence-corrected chi connectivity index (χ0v) is 20.7. The normalized spacial score (nSPS) is 14.6. The van der Waals surface area contributed by atoms with Crippen molar-refractivity contribution >= 4 is 47.0 Å². The Morgan fingerprint density at radius 3 is 2.59 bits per heavy atom. The summed E-state index contributed by atoms with van der Waals surface area (Å²) < 4.78 is 21.3. The average molecular weight is 524 g/mol. The highest BCUT2D eigenvalue weighted by molar-refractivity contribution is 6.30. The zero-order valence-electron chi connectivity index (χ0n) is 19.9. The van der Waals surface area contributed by atoms with Crippen LogP contribution < -0.4 is 20.9 Å². The van der Waals surface area contributed by atoms with Gasteiger partial charge in [0.1, 0.15) is 5.69 Å². The van der Waals surface area contributed by atoms with E-state index >= 15 is 0 Å². The lowest BCUT2D eigenvalue weighted by atomic mass is 10.1. The standard InChI is InChI=1S/C26H23ClFN5O4/c1-15(2)37-22-9-8-19(11-20(22)28)31-26-30-13-21(32-24(35)17-5-10-23(34)29-12-17)25(36)33(26)14-16-3-6-18(27)7-4-16/h3-13,15,17H,14H2,1-2H3,(H,30,31)(H,32,35). The van der Waals surface area contributed by atoms with Crippen LogP contribution in [0.5, 0.6) is 5.75 Å². The first kappa shape index (κ1) is 25.8. The monoisotopic (exact) mass is 523 g/mol. The van der Waals surface area contributed by atoms with Crippen LogP contribution in [-0.4, -0.2) is 33.7 Å². The van der Waals surface area contributed by atoms with Gasteiger partial charge in [0.25, 0.3) is 11.5 Å². The van der Waals surface area contributed by atoms with E-state index in [2.05, 4.69) is 20.6 Å². The first-order valence-corrected chi connectivity index (χ1v) is 11.7. The number of dihydropyridines is 1. The maximum Gasteiger partial charge on any atom is 0.279 e. The lowest BCUT2D eigenvalue weighted by Gasteiger charge is -2.17. The molecule has 1 aromatic heterocycles. The van der Waals surface area contributed by atoms with Gasteiger partial charge in [-0.05, 0) is 43.7 Å². The van der Waals surface area contributed by atoms with Crippen LogP contribution in [0.25, 0.3) is 0 Å². The number of nitrogens with zero attached hydrogens (tertiary/aromatic N) is 3.